The smallest absolute Gasteiger partial charge is 0.197 e. The summed E-state index contributed by atoms with van der Waals surface area (Å²) >= 11 is 0. The normalized spacial score (nSPS) is 31.5. The van der Waals surface area contributed by atoms with Gasteiger partial charge in [0.15, 0.2) is 11.6 Å². The first-order valence-electron chi connectivity index (χ1n) is 19.0. The highest BCUT2D eigenvalue weighted by molar-refractivity contribution is 5.17. The molecule has 3 aliphatic heterocycles. The van der Waals surface area contributed by atoms with Crippen molar-refractivity contribution < 1.29 is 53.2 Å². The van der Waals surface area contributed by atoms with Gasteiger partial charge in [-0.1, -0.05) is 121 Å². The molecule has 55 heavy (non-hydrogen) atoms. The zero-order chi connectivity index (χ0) is 38.3. The van der Waals surface area contributed by atoms with Gasteiger partial charge in [-0.3, -0.25) is 0 Å². The number of benzene rings is 4. The molecule has 3 N–H and O–H groups in total. The van der Waals surface area contributed by atoms with Crippen molar-refractivity contribution in [1.82, 2.24) is 0 Å². The van der Waals surface area contributed by atoms with Crippen molar-refractivity contribution in [1.29, 1.82) is 0 Å². The van der Waals surface area contributed by atoms with Gasteiger partial charge in [-0.25, -0.2) is 0 Å². The molecule has 7 rings (SSSR count). The van der Waals surface area contributed by atoms with Crippen molar-refractivity contribution in [3.05, 3.63) is 144 Å². The van der Waals surface area contributed by atoms with Crippen LogP contribution in [0.25, 0.3) is 0 Å². The second-order valence-electron chi connectivity index (χ2n) is 14.9. The van der Waals surface area contributed by atoms with Crippen LogP contribution >= 0.6 is 0 Å². The number of rotatable bonds is 16. The summed E-state index contributed by atoms with van der Waals surface area (Å²) in [6.45, 7) is 4.13. The molecule has 0 spiro atoms. The molecule has 11 heteroatoms. The Hall–Kier alpha value is -3.56. The zero-order valence-electron chi connectivity index (χ0n) is 31.3. The van der Waals surface area contributed by atoms with E-state index in [1.54, 1.807) is 13.8 Å². The summed E-state index contributed by atoms with van der Waals surface area (Å²) in [6.07, 6.45) is -8.46. The molecule has 4 aromatic rings. The summed E-state index contributed by atoms with van der Waals surface area (Å²) in [7, 11) is 0. The van der Waals surface area contributed by atoms with E-state index in [0.29, 0.717) is 6.61 Å². The fraction of sp³-hybridized carbons (Fsp3) is 0.455. The van der Waals surface area contributed by atoms with Crippen LogP contribution in [0.4, 0.5) is 0 Å². The third kappa shape index (κ3) is 9.88. The van der Waals surface area contributed by atoms with E-state index in [0.717, 1.165) is 22.3 Å². The maximum Gasteiger partial charge on any atom is 0.197 e. The average molecular weight is 757 g/mol. The molecule has 0 saturated carbocycles. The van der Waals surface area contributed by atoms with Crippen LogP contribution in [0.2, 0.25) is 0 Å². The lowest BCUT2D eigenvalue weighted by molar-refractivity contribution is -0.356. The van der Waals surface area contributed by atoms with E-state index in [-0.39, 0.29) is 32.8 Å². The highest BCUT2D eigenvalue weighted by Gasteiger charge is 2.62. The molecule has 0 radical (unpaired) electrons. The van der Waals surface area contributed by atoms with Gasteiger partial charge in [-0.2, -0.15) is 0 Å². The van der Waals surface area contributed by atoms with Crippen LogP contribution in [-0.4, -0.2) is 95.0 Å². The second-order valence-corrected chi connectivity index (χ2v) is 14.9. The summed E-state index contributed by atoms with van der Waals surface area (Å²) in [6, 6.07) is 39.3. The molecule has 3 heterocycles. The van der Waals surface area contributed by atoms with Crippen molar-refractivity contribution in [2.24, 2.45) is 0 Å². The Balaban J connectivity index is 1.23. The Bertz CT molecular complexity index is 1730. The number of hydrogen-bond acceptors (Lipinski definition) is 11. The standard InChI is InChI=1S/C44H52O11/c1-43(2)54-39-35(24-45)53-44(47,42(46)41(39)55-43)23-34-37(49-26-31-17-9-4-10-18-31)40(51-28-33-21-13-6-14-22-33)38(50-27-32-19-11-5-12-20-32)36(52-34)29-48-25-30-15-7-3-8-16-30/h3-22,34-42,45-47H,23-29H2,1-2H3/t34-,35-,36-,37-,38-,39+,40-,41+,42-,44?/m1/s1. The molecular formula is C44H52O11. The van der Waals surface area contributed by atoms with E-state index < -0.39 is 73.1 Å². The summed E-state index contributed by atoms with van der Waals surface area (Å²) in [4.78, 5) is 0. The third-order valence-corrected chi connectivity index (χ3v) is 10.3. The summed E-state index contributed by atoms with van der Waals surface area (Å²) in [5.41, 5.74) is 3.84. The van der Waals surface area contributed by atoms with E-state index in [1.165, 1.54) is 0 Å². The predicted octanol–water partition coefficient (Wildman–Crippen LogP) is 5.08. The van der Waals surface area contributed by atoms with Crippen molar-refractivity contribution in [2.45, 2.75) is 113 Å². The summed E-state index contributed by atoms with van der Waals surface area (Å²) in [5.74, 6) is -3.30. The Kier molecular flexibility index (Phi) is 13.1. The van der Waals surface area contributed by atoms with Crippen molar-refractivity contribution >= 4 is 0 Å². The minimum Gasteiger partial charge on any atom is -0.394 e. The molecule has 294 valence electrons. The molecule has 4 aromatic carbocycles. The molecule has 0 aliphatic carbocycles. The lowest BCUT2D eigenvalue weighted by atomic mass is 9.85. The largest absolute Gasteiger partial charge is 0.394 e. The van der Waals surface area contributed by atoms with Gasteiger partial charge in [-0.05, 0) is 36.1 Å². The van der Waals surface area contributed by atoms with Crippen LogP contribution in [0.15, 0.2) is 121 Å². The van der Waals surface area contributed by atoms with Gasteiger partial charge in [0, 0.05) is 6.42 Å². The Labute approximate surface area is 322 Å². The van der Waals surface area contributed by atoms with Crippen LogP contribution in [-0.2, 0) is 64.3 Å². The van der Waals surface area contributed by atoms with E-state index in [2.05, 4.69) is 0 Å². The number of aliphatic hydroxyl groups is 3. The molecule has 0 amide bonds. The minimum absolute atomic E-state index is 0.123. The van der Waals surface area contributed by atoms with Crippen LogP contribution in [0, 0.1) is 0 Å². The molecule has 3 saturated heterocycles. The van der Waals surface area contributed by atoms with Gasteiger partial charge >= 0.3 is 0 Å². The summed E-state index contributed by atoms with van der Waals surface area (Å²) < 4.78 is 51.7. The number of fused-ring (bicyclic) bond motifs is 1. The fourth-order valence-corrected chi connectivity index (χ4v) is 7.65. The third-order valence-electron chi connectivity index (χ3n) is 10.3. The maximum absolute atomic E-state index is 12.3. The molecule has 1 unspecified atom stereocenters. The number of ether oxygens (including phenoxy) is 8. The Morgan fingerprint density at radius 3 is 1.47 bits per heavy atom. The van der Waals surface area contributed by atoms with Gasteiger partial charge in [0.25, 0.3) is 0 Å². The monoisotopic (exact) mass is 756 g/mol. The van der Waals surface area contributed by atoms with E-state index in [9.17, 15) is 15.3 Å². The highest BCUT2D eigenvalue weighted by Crippen LogP contribution is 2.44. The topological polar surface area (TPSA) is 135 Å². The van der Waals surface area contributed by atoms with E-state index >= 15 is 0 Å². The molecule has 10 atom stereocenters. The molecule has 3 aliphatic rings. The van der Waals surface area contributed by atoms with Crippen molar-refractivity contribution in [2.75, 3.05) is 13.2 Å². The Morgan fingerprint density at radius 2 is 0.982 bits per heavy atom. The minimum atomic E-state index is -2.23. The number of hydrogen-bond donors (Lipinski definition) is 3. The first-order chi connectivity index (χ1) is 26.7. The predicted molar refractivity (Wildman–Crippen MR) is 201 cm³/mol. The van der Waals surface area contributed by atoms with E-state index in [4.69, 9.17) is 37.9 Å². The van der Waals surface area contributed by atoms with Crippen molar-refractivity contribution in [3.63, 3.8) is 0 Å². The highest BCUT2D eigenvalue weighted by atomic mass is 16.8. The molecule has 0 bridgehead atoms. The Morgan fingerprint density at radius 1 is 0.545 bits per heavy atom. The van der Waals surface area contributed by atoms with Crippen LogP contribution in [0.1, 0.15) is 42.5 Å². The van der Waals surface area contributed by atoms with Crippen LogP contribution < -0.4 is 0 Å². The second kappa shape index (κ2) is 18.1. The van der Waals surface area contributed by atoms with Gasteiger partial charge in [0.05, 0.1) is 45.7 Å². The SMILES string of the molecule is CC1(C)O[C@@H]2[C@H](O1)[C@@H](O)C(O)(C[C@H]1O[C@H](COCc3ccccc3)[C@@H](OCc3ccccc3)[C@H](OCc3ccccc3)[C@@H]1OCc1ccccc1)O[C@@H]2CO. The fourth-order valence-electron chi connectivity index (χ4n) is 7.65. The first kappa shape index (κ1) is 39.7. The quantitative estimate of drug-likeness (QED) is 0.141. The van der Waals surface area contributed by atoms with Gasteiger partial charge in [0.1, 0.15) is 48.8 Å². The zero-order valence-corrected chi connectivity index (χ0v) is 31.3. The van der Waals surface area contributed by atoms with Gasteiger partial charge in [0.2, 0.25) is 0 Å². The van der Waals surface area contributed by atoms with Gasteiger partial charge < -0.3 is 53.2 Å². The molecule has 0 aromatic heterocycles. The molecule has 3 fully saturated rings. The van der Waals surface area contributed by atoms with Crippen LogP contribution in [0.3, 0.4) is 0 Å². The van der Waals surface area contributed by atoms with E-state index in [1.807, 2.05) is 121 Å². The maximum atomic E-state index is 12.3. The van der Waals surface area contributed by atoms with Gasteiger partial charge in [-0.15, -0.1) is 0 Å². The van der Waals surface area contributed by atoms with Crippen LogP contribution in [0.5, 0.6) is 0 Å². The average Bonchev–Trinajstić information content (AvgIpc) is 3.54. The molecule has 11 nitrogen and oxygen atoms in total. The lowest BCUT2D eigenvalue weighted by Crippen LogP contribution is -2.68. The lowest BCUT2D eigenvalue weighted by Gasteiger charge is -2.50. The molecular weight excluding hydrogens is 704 g/mol. The summed E-state index contributed by atoms with van der Waals surface area (Å²) in [5, 5.41) is 34.4. The first-order valence-corrected chi connectivity index (χ1v) is 19.0. The number of aliphatic hydroxyl groups excluding tert-OH is 2. The van der Waals surface area contributed by atoms with Crippen molar-refractivity contribution in [3.8, 4) is 0 Å².